The lowest BCUT2D eigenvalue weighted by Crippen LogP contribution is -2.29. The first kappa shape index (κ1) is 15.6. The Bertz CT molecular complexity index is 679. The maximum Gasteiger partial charge on any atom is 0.273 e. The molecular formula is C17H20N2O4. The van der Waals surface area contributed by atoms with Gasteiger partial charge in [0.05, 0.1) is 13.2 Å². The molecule has 0 bridgehead atoms. The Hall–Kier alpha value is -2.34. The summed E-state index contributed by atoms with van der Waals surface area (Å²) in [4.78, 5) is 12.2. The molecule has 1 aliphatic rings. The Morgan fingerprint density at radius 2 is 2.22 bits per heavy atom. The minimum Gasteiger partial charge on any atom is -0.497 e. The van der Waals surface area contributed by atoms with Crippen LogP contribution in [-0.4, -0.2) is 31.8 Å². The predicted molar refractivity (Wildman–Crippen MR) is 83.6 cm³/mol. The Balaban J connectivity index is 1.61. The van der Waals surface area contributed by atoms with Crippen LogP contribution in [0, 0.1) is 0 Å². The van der Waals surface area contributed by atoms with Crippen LogP contribution in [0.25, 0.3) is 0 Å². The highest BCUT2D eigenvalue weighted by Gasteiger charge is 2.29. The van der Waals surface area contributed by atoms with E-state index in [0.717, 1.165) is 29.9 Å². The minimum absolute atomic E-state index is 0.259. The summed E-state index contributed by atoms with van der Waals surface area (Å²) in [6, 6.07) is 9.30. The monoisotopic (exact) mass is 316 g/mol. The van der Waals surface area contributed by atoms with Crippen molar-refractivity contribution in [2.75, 3.05) is 20.8 Å². The van der Waals surface area contributed by atoms with Gasteiger partial charge in [-0.25, -0.2) is 0 Å². The molecule has 3 rings (SSSR count). The number of amides is 1. The SMILES string of the molecule is COc1cccc(C(CNC(=O)c2cc(C3CC3)on2)OC)c1. The molecule has 1 aromatic carbocycles. The van der Waals surface area contributed by atoms with Gasteiger partial charge in [-0.05, 0) is 30.5 Å². The van der Waals surface area contributed by atoms with Crippen molar-refractivity contribution in [3.05, 3.63) is 47.3 Å². The summed E-state index contributed by atoms with van der Waals surface area (Å²) in [5, 5.41) is 6.66. The van der Waals surface area contributed by atoms with Crippen LogP contribution in [0.2, 0.25) is 0 Å². The van der Waals surface area contributed by atoms with Crippen LogP contribution in [0.5, 0.6) is 5.75 Å². The molecule has 6 nitrogen and oxygen atoms in total. The van der Waals surface area contributed by atoms with Crippen molar-refractivity contribution < 1.29 is 18.8 Å². The Labute approximate surface area is 134 Å². The molecule has 1 saturated carbocycles. The average Bonchev–Trinajstić information content (AvgIpc) is 3.32. The third-order valence-electron chi connectivity index (χ3n) is 3.94. The summed E-state index contributed by atoms with van der Waals surface area (Å²) in [6.07, 6.45) is 1.96. The van der Waals surface area contributed by atoms with E-state index >= 15 is 0 Å². The predicted octanol–water partition coefficient (Wildman–Crippen LogP) is 2.68. The van der Waals surface area contributed by atoms with Crippen molar-refractivity contribution in [1.82, 2.24) is 10.5 Å². The number of hydrogen-bond donors (Lipinski definition) is 1. The van der Waals surface area contributed by atoms with E-state index in [-0.39, 0.29) is 12.0 Å². The zero-order valence-electron chi connectivity index (χ0n) is 13.2. The molecule has 2 aromatic rings. The van der Waals surface area contributed by atoms with Crippen molar-refractivity contribution in [3.63, 3.8) is 0 Å². The van der Waals surface area contributed by atoms with E-state index in [1.54, 1.807) is 20.3 Å². The lowest BCUT2D eigenvalue weighted by molar-refractivity contribution is 0.0820. The van der Waals surface area contributed by atoms with Crippen molar-refractivity contribution in [3.8, 4) is 5.75 Å². The fourth-order valence-corrected chi connectivity index (χ4v) is 2.41. The molecule has 0 radical (unpaired) electrons. The number of aromatic nitrogens is 1. The fourth-order valence-electron chi connectivity index (χ4n) is 2.41. The summed E-state index contributed by atoms with van der Waals surface area (Å²) in [5.41, 5.74) is 1.25. The molecule has 0 spiro atoms. The molecule has 23 heavy (non-hydrogen) atoms. The minimum atomic E-state index is -0.260. The molecule has 1 N–H and O–H groups in total. The molecule has 1 heterocycles. The lowest BCUT2D eigenvalue weighted by atomic mass is 10.1. The molecule has 6 heteroatoms. The maximum absolute atomic E-state index is 12.2. The van der Waals surface area contributed by atoms with Crippen molar-refractivity contribution >= 4 is 5.91 Å². The normalized spacial score (nSPS) is 15.2. The van der Waals surface area contributed by atoms with Crippen molar-refractivity contribution in [2.24, 2.45) is 0 Å². The molecule has 0 saturated heterocycles. The maximum atomic E-state index is 12.2. The van der Waals surface area contributed by atoms with Crippen molar-refractivity contribution in [2.45, 2.75) is 24.9 Å². The van der Waals surface area contributed by atoms with E-state index in [1.807, 2.05) is 24.3 Å². The molecule has 1 unspecified atom stereocenters. The number of ether oxygens (including phenoxy) is 2. The highest BCUT2D eigenvalue weighted by molar-refractivity contribution is 5.92. The van der Waals surface area contributed by atoms with E-state index < -0.39 is 0 Å². The zero-order chi connectivity index (χ0) is 16.2. The van der Waals surface area contributed by atoms with Crippen LogP contribution in [0.3, 0.4) is 0 Å². The number of carbonyl (C=O) groups excluding carboxylic acids is 1. The molecular weight excluding hydrogens is 296 g/mol. The van der Waals surface area contributed by atoms with Crippen LogP contribution in [0.15, 0.2) is 34.9 Å². The molecule has 0 aliphatic heterocycles. The van der Waals surface area contributed by atoms with Gasteiger partial charge in [0.2, 0.25) is 0 Å². The summed E-state index contributed by atoms with van der Waals surface area (Å²) < 4.78 is 15.9. The average molecular weight is 316 g/mol. The van der Waals surface area contributed by atoms with Gasteiger partial charge in [-0.2, -0.15) is 0 Å². The van der Waals surface area contributed by atoms with Crippen LogP contribution in [-0.2, 0) is 4.74 Å². The van der Waals surface area contributed by atoms with Gasteiger partial charge >= 0.3 is 0 Å². The van der Waals surface area contributed by atoms with Gasteiger partial charge in [-0.3, -0.25) is 4.79 Å². The smallest absolute Gasteiger partial charge is 0.273 e. The zero-order valence-corrected chi connectivity index (χ0v) is 13.2. The number of rotatable bonds is 7. The molecule has 1 atom stereocenters. The second-order valence-corrected chi connectivity index (χ2v) is 5.60. The van der Waals surface area contributed by atoms with Gasteiger partial charge in [0.15, 0.2) is 5.69 Å². The first-order chi connectivity index (χ1) is 11.2. The second-order valence-electron chi connectivity index (χ2n) is 5.60. The highest BCUT2D eigenvalue weighted by atomic mass is 16.5. The van der Waals surface area contributed by atoms with Gasteiger partial charge in [0, 0.05) is 25.6 Å². The summed E-state index contributed by atoms with van der Waals surface area (Å²) in [7, 11) is 3.22. The van der Waals surface area contributed by atoms with Gasteiger partial charge in [0.25, 0.3) is 5.91 Å². The summed E-state index contributed by atoms with van der Waals surface area (Å²) in [5.74, 6) is 1.73. The highest BCUT2D eigenvalue weighted by Crippen LogP contribution is 2.40. The molecule has 1 aliphatic carbocycles. The molecule has 1 aromatic heterocycles. The van der Waals surface area contributed by atoms with Crippen LogP contribution < -0.4 is 10.1 Å². The van der Waals surface area contributed by atoms with Gasteiger partial charge in [0.1, 0.15) is 11.5 Å². The van der Waals surface area contributed by atoms with Crippen LogP contribution in [0.4, 0.5) is 0 Å². The van der Waals surface area contributed by atoms with Crippen molar-refractivity contribution in [1.29, 1.82) is 0 Å². The number of methoxy groups -OCH3 is 2. The second kappa shape index (κ2) is 6.83. The molecule has 1 fully saturated rings. The third kappa shape index (κ3) is 3.71. The summed E-state index contributed by atoms with van der Waals surface area (Å²) >= 11 is 0. The first-order valence-electron chi connectivity index (χ1n) is 7.63. The van der Waals surface area contributed by atoms with Gasteiger partial charge < -0.3 is 19.3 Å². The van der Waals surface area contributed by atoms with Crippen LogP contribution >= 0.6 is 0 Å². The first-order valence-corrected chi connectivity index (χ1v) is 7.63. The number of nitrogens with one attached hydrogen (secondary N) is 1. The standard InChI is InChI=1S/C17H20N2O4/c1-21-13-5-3-4-12(8-13)16(22-2)10-18-17(20)14-9-15(23-19-14)11-6-7-11/h3-5,8-9,11,16H,6-7,10H2,1-2H3,(H,18,20). The Kier molecular flexibility index (Phi) is 4.62. The van der Waals surface area contributed by atoms with Gasteiger partial charge in [-0.1, -0.05) is 17.3 Å². The molecule has 1 amide bonds. The van der Waals surface area contributed by atoms with E-state index in [9.17, 15) is 4.79 Å². The lowest BCUT2D eigenvalue weighted by Gasteiger charge is -2.16. The van der Waals surface area contributed by atoms with E-state index in [1.165, 1.54) is 0 Å². The fraction of sp³-hybridized carbons (Fsp3) is 0.412. The Morgan fingerprint density at radius 3 is 2.91 bits per heavy atom. The number of nitrogens with zero attached hydrogens (tertiary/aromatic N) is 1. The number of carbonyl (C=O) groups is 1. The van der Waals surface area contributed by atoms with E-state index in [2.05, 4.69) is 10.5 Å². The van der Waals surface area contributed by atoms with E-state index in [0.29, 0.717) is 18.2 Å². The van der Waals surface area contributed by atoms with E-state index in [4.69, 9.17) is 14.0 Å². The topological polar surface area (TPSA) is 73.6 Å². The Morgan fingerprint density at radius 1 is 1.39 bits per heavy atom. The number of benzene rings is 1. The van der Waals surface area contributed by atoms with Crippen LogP contribution in [0.1, 0.15) is 46.7 Å². The molecule has 122 valence electrons. The summed E-state index contributed by atoms with van der Waals surface area (Å²) in [6.45, 7) is 0.341. The third-order valence-corrected chi connectivity index (χ3v) is 3.94. The number of hydrogen-bond acceptors (Lipinski definition) is 5. The largest absolute Gasteiger partial charge is 0.497 e. The quantitative estimate of drug-likeness (QED) is 0.850. The van der Waals surface area contributed by atoms with Gasteiger partial charge in [-0.15, -0.1) is 0 Å².